The van der Waals surface area contributed by atoms with Gasteiger partial charge in [-0.05, 0) is 54.9 Å². The lowest BCUT2D eigenvalue weighted by atomic mass is 9.88. The number of nitrogens with one attached hydrogen (secondary N) is 2. The first kappa shape index (κ1) is 18.8. The summed E-state index contributed by atoms with van der Waals surface area (Å²) in [6.07, 6.45) is 4.31. The molecule has 1 aliphatic rings. The van der Waals surface area contributed by atoms with E-state index in [2.05, 4.69) is 16.7 Å². The highest BCUT2D eigenvalue weighted by molar-refractivity contribution is 7.80. The van der Waals surface area contributed by atoms with Gasteiger partial charge in [0.05, 0.1) is 30.5 Å². The second-order valence-electron chi connectivity index (χ2n) is 6.42. The fourth-order valence-corrected chi connectivity index (χ4v) is 4.02. The second kappa shape index (κ2) is 8.14. The van der Waals surface area contributed by atoms with E-state index in [0.29, 0.717) is 10.1 Å². The Labute approximate surface area is 164 Å². The highest BCUT2D eigenvalue weighted by atomic mass is 35.5. The molecule has 2 N–H and O–H groups in total. The molecule has 1 saturated carbocycles. The van der Waals surface area contributed by atoms with E-state index in [4.69, 9.17) is 33.3 Å². The van der Waals surface area contributed by atoms with Gasteiger partial charge in [0.15, 0.2) is 16.6 Å². The molecule has 0 bridgehead atoms. The van der Waals surface area contributed by atoms with Crippen LogP contribution in [0.4, 0.5) is 5.69 Å². The Morgan fingerprint density at radius 1 is 1.04 bits per heavy atom. The van der Waals surface area contributed by atoms with Crippen molar-refractivity contribution in [3.05, 3.63) is 53.1 Å². The van der Waals surface area contributed by atoms with Gasteiger partial charge < -0.3 is 20.1 Å². The van der Waals surface area contributed by atoms with Gasteiger partial charge >= 0.3 is 0 Å². The van der Waals surface area contributed by atoms with Crippen LogP contribution in [-0.2, 0) is 5.54 Å². The topological polar surface area (TPSA) is 42.5 Å². The van der Waals surface area contributed by atoms with Gasteiger partial charge in [-0.1, -0.05) is 42.6 Å². The van der Waals surface area contributed by atoms with Crippen molar-refractivity contribution < 1.29 is 9.47 Å². The third kappa shape index (κ3) is 3.89. The summed E-state index contributed by atoms with van der Waals surface area (Å²) in [4.78, 5) is 0. The summed E-state index contributed by atoms with van der Waals surface area (Å²) in [5.41, 5.74) is 1.73. The number of halogens is 1. The summed E-state index contributed by atoms with van der Waals surface area (Å²) in [5.74, 6) is 1.45. The minimum atomic E-state index is -0.217. The van der Waals surface area contributed by atoms with Crippen molar-refractivity contribution in [3.63, 3.8) is 0 Å². The summed E-state index contributed by atoms with van der Waals surface area (Å²) >= 11 is 11.8. The first-order valence-electron chi connectivity index (χ1n) is 8.64. The van der Waals surface area contributed by atoms with Gasteiger partial charge in [-0.25, -0.2) is 0 Å². The molecule has 1 fully saturated rings. The van der Waals surface area contributed by atoms with Crippen LogP contribution < -0.4 is 20.1 Å². The smallest absolute Gasteiger partial charge is 0.171 e. The summed E-state index contributed by atoms with van der Waals surface area (Å²) in [6, 6.07) is 13.6. The maximum absolute atomic E-state index is 6.23. The number of hydrogen-bond acceptors (Lipinski definition) is 3. The molecule has 0 saturated heterocycles. The Morgan fingerprint density at radius 2 is 1.73 bits per heavy atom. The fourth-order valence-electron chi connectivity index (χ4n) is 3.53. The van der Waals surface area contributed by atoms with Crippen LogP contribution in [0, 0.1) is 0 Å². The third-order valence-corrected chi connectivity index (χ3v) is 5.40. The summed E-state index contributed by atoms with van der Waals surface area (Å²) in [6.45, 7) is 0. The van der Waals surface area contributed by atoms with Gasteiger partial charge in [0, 0.05) is 0 Å². The molecule has 2 aromatic rings. The van der Waals surface area contributed by atoms with Crippen molar-refractivity contribution in [2.75, 3.05) is 19.5 Å². The molecular formula is C20H23ClN2O2S. The first-order chi connectivity index (χ1) is 12.6. The quantitative estimate of drug-likeness (QED) is 0.694. The van der Waals surface area contributed by atoms with E-state index in [0.717, 1.165) is 48.4 Å². The first-order valence-corrected chi connectivity index (χ1v) is 9.43. The Morgan fingerprint density at radius 3 is 2.38 bits per heavy atom. The van der Waals surface area contributed by atoms with E-state index in [1.807, 2.05) is 36.4 Å². The van der Waals surface area contributed by atoms with Crippen LogP contribution in [0.1, 0.15) is 31.2 Å². The van der Waals surface area contributed by atoms with Crippen LogP contribution in [0.2, 0.25) is 5.02 Å². The fraction of sp³-hybridized carbons (Fsp3) is 0.350. The predicted molar refractivity (Wildman–Crippen MR) is 111 cm³/mol. The van der Waals surface area contributed by atoms with Crippen LogP contribution in [-0.4, -0.2) is 19.3 Å². The lowest BCUT2D eigenvalue weighted by Gasteiger charge is -2.33. The Hall–Kier alpha value is -1.98. The van der Waals surface area contributed by atoms with E-state index in [-0.39, 0.29) is 5.54 Å². The summed E-state index contributed by atoms with van der Waals surface area (Å²) < 4.78 is 10.8. The molecule has 138 valence electrons. The zero-order valence-corrected chi connectivity index (χ0v) is 16.5. The van der Waals surface area contributed by atoms with Gasteiger partial charge in [-0.15, -0.1) is 0 Å². The molecule has 0 unspecified atom stereocenters. The highest BCUT2D eigenvalue weighted by Crippen LogP contribution is 2.41. The number of benzene rings is 2. The molecule has 0 aliphatic heterocycles. The number of thiocarbonyl (C=S) groups is 1. The van der Waals surface area contributed by atoms with Crippen LogP contribution in [0.3, 0.4) is 0 Å². The number of anilines is 1. The zero-order chi connectivity index (χ0) is 18.6. The average Bonchev–Trinajstić information content (AvgIpc) is 3.12. The zero-order valence-electron chi connectivity index (χ0n) is 15.0. The molecular weight excluding hydrogens is 368 g/mol. The number of ether oxygens (including phenoxy) is 2. The molecule has 2 aromatic carbocycles. The predicted octanol–water partition coefficient (Wildman–Crippen LogP) is 5.11. The lowest BCUT2D eigenvalue weighted by Crippen LogP contribution is -2.45. The molecule has 3 rings (SSSR count). The van der Waals surface area contributed by atoms with Crippen molar-refractivity contribution in [2.24, 2.45) is 0 Å². The van der Waals surface area contributed by atoms with Crippen molar-refractivity contribution in [1.29, 1.82) is 0 Å². The van der Waals surface area contributed by atoms with E-state index in [9.17, 15) is 0 Å². The number of rotatable bonds is 5. The SMILES string of the molecule is COc1ccc(C2(NC(=S)Nc3ccccc3Cl)CCCC2)cc1OC. The minimum Gasteiger partial charge on any atom is -0.493 e. The molecule has 0 heterocycles. The Kier molecular flexibility index (Phi) is 5.89. The minimum absolute atomic E-state index is 0.217. The van der Waals surface area contributed by atoms with Gasteiger partial charge in [0.25, 0.3) is 0 Å². The monoisotopic (exact) mass is 390 g/mol. The van der Waals surface area contributed by atoms with Crippen molar-refractivity contribution in [1.82, 2.24) is 5.32 Å². The number of para-hydroxylation sites is 1. The summed E-state index contributed by atoms with van der Waals surface area (Å²) in [5, 5.41) is 7.96. The van der Waals surface area contributed by atoms with Gasteiger partial charge in [0.1, 0.15) is 0 Å². The van der Waals surface area contributed by atoms with Crippen LogP contribution >= 0.6 is 23.8 Å². The van der Waals surface area contributed by atoms with Crippen LogP contribution in [0.25, 0.3) is 0 Å². The van der Waals surface area contributed by atoms with Crippen molar-refractivity contribution in [3.8, 4) is 11.5 Å². The van der Waals surface area contributed by atoms with Crippen LogP contribution in [0.15, 0.2) is 42.5 Å². The molecule has 26 heavy (non-hydrogen) atoms. The van der Waals surface area contributed by atoms with E-state index in [1.165, 1.54) is 0 Å². The van der Waals surface area contributed by atoms with Gasteiger partial charge in [0.2, 0.25) is 0 Å². The molecule has 1 aliphatic carbocycles. The average molecular weight is 391 g/mol. The number of hydrogen-bond donors (Lipinski definition) is 2. The van der Waals surface area contributed by atoms with Gasteiger partial charge in [-0.2, -0.15) is 0 Å². The van der Waals surface area contributed by atoms with Crippen molar-refractivity contribution >= 4 is 34.6 Å². The van der Waals surface area contributed by atoms with Crippen molar-refractivity contribution in [2.45, 2.75) is 31.2 Å². The maximum atomic E-state index is 6.23. The van der Waals surface area contributed by atoms with E-state index >= 15 is 0 Å². The molecule has 0 amide bonds. The standard InChI is InChI=1S/C20H23ClN2O2S/c1-24-17-10-9-14(13-18(17)25-2)20(11-5-6-12-20)23-19(26)22-16-8-4-3-7-15(16)21/h3-4,7-10,13H,5-6,11-12H2,1-2H3,(H2,22,23,26). The highest BCUT2D eigenvalue weighted by Gasteiger charge is 2.37. The lowest BCUT2D eigenvalue weighted by molar-refractivity contribution is 0.350. The molecule has 0 radical (unpaired) electrons. The molecule has 0 spiro atoms. The molecule has 6 heteroatoms. The number of methoxy groups -OCH3 is 2. The largest absolute Gasteiger partial charge is 0.493 e. The van der Waals surface area contributed by atoms with Gasteiger partial charge in [-0.3, -0.25) is 0 Å². The third-order valence-electron chi connectivity index (χ3n) is 4.87. The second-order valence-corrected chi connectivity index (χ2v) is 7.23. The molecule has 0 atom stereocenters. The molecule has 0 aromatic heterocycles. The molecule has 4 nitrogen and oxygen atoms in total. The Balaban J connectivity index is 1.84. The van der Waals surface area contributed by atoms with Crippen LogP contribution in [0.5, 0.6) is 11.5 Å². The maximum Gasteiger partial charge on any atom is 0.171 e. The summed E-state index contributed by atoms with van der Waals surface area (Å²) in [7, 11) is 3.30. The van der Waals surface area contributed by atoms with E-state index < -0.39 is 0 Å². The normalized spacial score (nSPS) is 15.3. The van der Waals surface area contributed by atoms with E-state index in [1.54, 1.807) is 14.2 Å². The Bertz CT molecular complexity index is 791.